The van der Waals surface area contributed by atoms with E-state index in [9.17, 15) is 0 Å². The van der Waals surface area contributed by atoms with Crippen LogP contribution in [0, 0.1) is 0 Å². The van der Waals surface area contributed by atoms with Gasteiger partial charge in [-0.2, -0.15) is 0 Å². The van der Waals surface area contributed by atoms with Gasteiger partial charge in [-0.15, -0.1) is 0 Å². The van der Waals surface area contributed by atoms with Gasteiger partial charge in [0.2, 0.25) is 0 Å². The summed E-state index contributed by atoms with van der Waals surface area (Å²) in [6.45, 7) is 14.6. The fourth-order valence-electron chi connectivity index (χ4n) is 10.6. The highest BCUT2D eigenvalue weighted by molar-refractivity contribution is 6.89. The fourth-order valence-corrected chi connectivity index (χ4v) is 13.0. The number of aryl methyl sites for hydroxylation is 2. The Morgan fingerprint density at radius 1 is 0.597 bits per heavy atom. The van der Waals surface area contributed by atoms with Crippen molar-refractivity contribution in [1.29, 1.82) is 0 Å². The van der Waals surface area contributed by atoms with Gasteiger partial charge in [-0.05, 0) is 131 Å². The number of benzene rings is 6. The number of fused-ring (bicyclic) bond motifs is 5. The summed E-state index contributed by atoms with van der Waals surface area (Å²) in [5.41, 5.74) is 19.2. The molecule has 3 aliphatic carbocycles. The topological polar surface area (TPSA) is 9.86 Å². The maximum Gasteiger partial charge on any atom is 0.0776 e. The Morgan fingerprint density at radius 3 is 1.95 bits per heavy atom. The van der Waals surface area contributed by atoms with Crippen LogP contribution in [0.2, 0.25) is 39.3 Å². The standard InChI is InChI=1S/C58H56N2Si2/c1-61(2,3)48-23-13-16-39(33-48)41-27-30-55-52(35-41)45(38-59(55)46-19-9-7-10-20-46)32-43-26-29-51-57-44(18-15-25-50(43)57)37-54-53-36-42(40-17-14-24-49(34-40)62(4,5)6)28-31-56(53)60(58(51)54)47-21-11-8-12-22-47/h7-14,16-17,19-21,23-25,27-28,30-38,47H,15,18,22,26,29H2,1-6H3/b43-32-. The monoisotopic (exact) mass is 836 g/mol. The summed E-state index contributed by atoms with van der Waals surface area (Å²) in [6.07, 6.45) is 21.9. The number of hydrogen-bond donors (Lipinski definition) is 0. The van der Waals surface area contributed by atoms with E-state index in [2.05, 4.69) is 212 Å². The molecule has 0 bridgehead atoms. The van der Waals surface area contributed by atoms with Crippen molar-refractivity contribution in [1.82, 2.24) is 9.13 Å². The predicted molar refractivity (Wildman–Crippen MR) is 274 cm³/mol. The lowest BCUT2D eigenvalue weighted by Crippen LogP contribution is -2.37. The molecule has 306 valence electrons. The Bertz CT molecular complexity index is 3220. The van der Waals surface area contributed by atoms with E-state index >= 15 is 0 Å². The van der Waals surface area contributed by atoms with Gasteiger partial charge in [0.05, 0.1) is 33.2 Å². The third-order valence-corrected chi connectivity index (χ3v) is 18.0. The van der Waals surface area contributed by atoms with Gasteiger partial charge in [0.25, 0.3) is 0 Å². The van der Waals surface area contributed by atoms with Gasteiger partial charge >= 0.3 is 0 Å². The summed E-state index contributed by atoms with van der Waals surface area (Å²) in [5.74, 6) is 0. The molecule has 0 fully saturated rings. The summed E-state index contributed by atoms with van der Waals surface area (Å²) < 4.78 is 5.10. The number of allylic oxidation sites excluding steroid dienone is 7. The van der Waals surface area contributed by atoms with Crippen LogP contribution in [0.15, 0.2) is 163 Å². The summed E-state index contributed by atoms with van der Waals surface area (Å²) >= 11 is 0. The van der Waals surface area contributed by atoms with Crippen molar-refractivity contribution in [2.75, 3.05) is 0 Å². The van der Waals surface area contributed by atoms with Crippen molar-refractivity contribution in [2.24, 2.45) is 0 Å². The molecule has 3 aliphatic rings. The Morgan fingerprint density at radius 2 is 1.27 bits per heavy atom. The number of aromatic nitrogens is 2. The van der Waals surface area contributed by atoms with Crippen molar-refractivity contribution < 1.29 is 0 Å². The normalized spacial score (nSPS) is 17.0. The van der Waals surface area contributed by atoms with Crippen molar-refractivity contribution >= 4 is 70.9 Å². The predicted octanol–water partition coefficient (Wildman–Crippen LogP) is 14.6. The van der Waals surface area contributed by atoms with Gasteiger partial charge < -0.3 is 9.13 Å². The molecule has 11 rings (SSSR count). The molecule has 0 amide bonds. The van der Waals surface area contributed by atoms with Gasteiger partial charge in [-0.1, -0.05) is 159 Å². The molecule has 2 nitrogen and oxygen atoms in total. The van der Waals surface area contributed by atoms with Crippen LogP contribution in [0.5, 0.6) is 0 Å². The summed E-state index contributed by atoms with van der Waals surface area (Å²) in [6, 6.07) is 46.8. The molecule has 8 aromatic rings. The first-order valence-corrected chi connectivity index (χ1v) is 29.8. The summed E-state index contributed by atoms with van der Waals surface area (Å²) in [5, 5.41) is 7.12. The highest BCUT2D eigenvalue weighted by Gasteiger charge is 2.30. The third-order valence-electron chi connectivity index (χ3n) is 13.9. The smallest absolute Gasteiger partial charge is 0.0776 e. The molecule has 6 aromatic carbocycles. The molecule has 4 heteroatoms. The SMILES string of the molecule is C[Si](C)(C)c1cccc(-c2ccc3c(c2)c(/C=C2/CCc4c5c(cc6c7cc(-c8cccc([Si](C)(C)C)c8)ccc7n(C7C=CC=CC7)c46)CCC=C25)cn3-c2ccccc2)c1. The molecule has 1 atom stereocenters. The Labute approximate surface area is 369 Å². The van der Waals surface area contributed by atoms with Crippen LogP contribution in [0.3, 0.4) is 0 Å². The van der Waals surface area contributed by atoms with Crippen LogP contribution in [0.4, 0.5) is 0 Å². The van der Waals surface area contributed by atoms with Crippen LogP contribution in [0.25, 0.3) is 72.3 Å². The van der Waals surface area contributed by atoms with Crippen LogP contribution in [-0.4, -0.2) is 25.3 Å². The molecule has 0 N–H and O–H groups in total. The Hall–Kier alpha value is -5.95. The molecule has 0 aliphatic heterocycles. The van der Waals surface area contributed by atoms with E-state index < -0.39 is 16.1 Å². The van der Waals surface area contributed by atoms with Crippen LogP contribution >= 0.6 is 0 Å². The number of nitrogens with zero attached hydrogens (tertiary/aromatic N) is 2. The van der Waals surface area contributed by atoms with E-state index in [1.54, 1.807) is 5.56 Å². The molecule has 2 aromatic heterocycles. The lowest BCUT2D eigenvalue weighted by Gasteiger charge is -2.30. The van der Waals surface area contributed by atoms with Crippen LogP contribution < -0.4 is 10.4 Å². The average Bonchev–Trinajstić information content (AvgIpc) is 3.82. The molecule has 2 heterocycles. The van der Waals surface area contributed by atoms with Crippen LogP contribution in [0.1, 0.15) is 47.6 Å². The number of rotatable bonds is 7. The lowest BCUT2D eigenvalue weighted by molar-refractivity contribution is 0.645. The minimum absolute atomic E-state index is 0.285. The fraction of sp³-hybridized carbons (Fsp3) is 0.207. The average molecular weight is 837 g/mol. The van der Waals surface area contributed by atoms with Gasteiger partial charge in [-0.3, -0.25) is 0 Å². The van der Waals surface area contributed by atoms with E-state index in [-0.39, 0.29) is 6.04 Å². The Kier molecular flexibility index (Phi) is 9.33. The lowest BCUT2D eigenvalue weighted by atomic mass is 9.75. The van der Waals surface area contributed by atoms with Crippen molar-refractivity contribution in [3.63, 3.8) is 0 Å². The maximum absolute atomic E-state index is 2.70. The second-order valence-electron chi connectivity index (χ2n) is 20.0. The van der Waals surface area contributed by atoms with E-state index in [4.69, 9.17) is 0 Å². The largest absolute Gasteiger partial charge is 0.333 e. The first-order valence-electron chi connectivity index (χ1n) is 22.8. The molecular formula is C58H56N2Si2. The maximum atomic E-state index is 2.70. The molecular weight excluding hydrogens is 781 g/mol. The summed E-state index contributed by atoms with van der Waals surface area (Å²) in [7, 11) is -2.92. The molecule has 0 saturated heterocycles. The van der Waals surface area contributed by atoms with Crippen LogP contribution in [-0.2, 0) is 12.8 Å². The zero-order valence-corrected chi connectivity index (χ0v) is 39.1. The zero-order valence-electron chi connectivity index (χ0n) is 37.1. The highest BCUT2D eigenvalue weighted by Crippen LogP contribution is 2.48. The van der Waals surface area contributed by atoms with E-state index in [1.165, 1.54) is 98.9 Å². The number of para-hydroxylation sites is 1. The molecule has 0 radical (unpaired) electrons. The Balaban J connectivity index is 1.08. The van der Waals surface area contributed by atoms with Gasteiger partial charge in [-0.25, -0.2) is 0 Å². The van der Waals surface area contributed by atoms with Crippen molar-refractivity contribution in [3.05, 3.63) is 186 Å². The van der Waals surface area contributed by atoms with E-state index in [0.717, 1.165) is 32.1 Å². The van der Waals surface area contributed by atoms with Gasteiger partial charge in [0.1, 0.15) is 0 Å². The zero-order chi connectivity index (χ0) is 42.3. The molecule has 62 heavy (non-hydrogen) atoms. The van der Waals surface area contributed by atoms with Crippen molar-refractivity contribution in [2.45, 2.75) is 77.4 Å². The first-order chi connectivity index (χ1) is 30.0. The van der Waals surface area contributed by atoms with E-state index in [0.29, 0.717) is 0 Å². The van der Waals surface area contributed by atoms with Gasteiger partial charge in [0.15, 0.2) is 0 Å². The minimum atomic E-state index is -1.46. The second-order valence-corrected chi connectivity index (χ2v) is 30.2. The highest BCUT2D eigenvalue weighted by atomic mass is 28.3. The molecule has 0 spiro atoms. The summed E-state index contributed by atoms with van der Waals surface area (Å²) in [4.78, 5) is 0. The van der Waals surface area contributed by atoms with Crippen molar-refractivity contribution in [3.8, 4) is 27.9 Å². The third kappa shape index (κ3) is 6.67. The molecule has 0 saturated carbocycles. The van der Waals surface area contributed by atoms with E-state index in [1.807, 2.05) is 0 Å². The quantitative estimate of drug-likeness (QED) is 0.142. The number of hydrogen-bond acceptors (Lipinski definition) is 0. The minimum Gasteiger partial charge on any atom is -0.333 e. The first kappa shape index (κ1) is 38.9. The molecule has 1 unspecified atom stereocenters. The second kappa shape index (κ2) is 14.9. The van der Waals surface area contributed by atoms with Gasteiger partial charge in [0, 0.05) is 39.1 Å².